The van der Waals surface area contributed by atoms with Gasteiger partial charge in [0.1, 0.15) is 0 Å². The number of carbonyl (C=O) groups is 1. The van der Waals surface area contributed by atoms with Crippen LogP contribution in [0.1, 0.15) is 33.6 Å². The second kappa shape index (κ2) is 4.84. The van der Waals surface area contributed by atoms with Crippen molar-refractivity contribution < 1.29 is 9.53 Å². The first-order valence-electron chi connectivity index (χ1n) is 6.63. The molecular formula is C13H24N2O2. The molecule has 0 aromatic carbocycles. The van der Waals surface area contributed by atoms with Crippen molar-refractivity contribution in [3.63, 3.8) is 0 Å². The Hall–Kier alpha value is -0.770. The summed E-state index contributed by atoms with van der Waals surface area (Å²) in [5.41, 5.74) is 0.179. The molecule has 4 nitrogen and oxygen atoms in total. The minimum absolute atomic E-state index is 0.179. The molecule has 2 aliphatic rings. The molecule has 2 saturated heterocycles. The van der Waals surface area contributed by atoms with E-state index in [9.17, 15) is 4.79 Å². The zero-order chi connectivity index (χ0) is 12.5. The predicted octanol–water partition coefficient (Wildman–Crippen LogP) is 1.95. The molecule has 0 aromatic heterocycles. The molecule has 4 heteroatoms. The highest BCUT2D eigenvalue weighted by Crippen LogP contribution is 2.33. The van der Waals surface area contributed by atoms with Crippen LogP contribution in [0.15, 0.2) is 0 Å². The van der Waals surface area contributed by atoms with E-state index >= 15 is 0 Å². The Kier molecular flexibility index (Phi) is 3.61. The highest BCUT2D eigenvalue weighted by molar-refractivity contribution is 5.75. The third-order valence-electron chi connectivity index (χ3n) is 3.78. The fourth-order valence-electron chi connectivity index (χ4n) is 2.83. The summed E-state index contributed by atoms with van der Waals surface area (Å²) in [5.74, 6) is 0. The molecule has 0 aliphatic carbocycles. The number of carbonyl (C=O) groups excluding carboxylic acids is 1. The lowest BCUT2D eigenvalue weighted by Gasteiger charge is -2.39. The second-order valence-electron chi connectivity index (χ2n) is 6.10. The van der Waals surface area contributed by atoms with E-state index in [2.05, 4.69) is 25.7 Å². The number of amides is 2. The van der Waals surface area contributed by atoms with Gasteiger partial charge in [0.15, 0.2) is 0 Å². The fraction of sp³-hybridized carbons (Fsp3) is 0.923. The molecule has 0 N–H and O–H groups in total. The van der Waals surface area contributed by atoms with Gasteiger partial charge in [0, 0.05) is 25.7 Å². The molecular weight excluding hydrogens is 216 g/mol. The number of hydrogen-bond acceptors (Lipinski definition) is 2. The summed E-state index contributed by atoms with van der Waals surface area (Å²) >= 11 is 0. The molecule has 17 heavy (non-hydrogen) atoms. The summed E-state index contributed by atoms with van der Waals surface area (Å²) in [6.07, 6.45) is 2.28. The van der Waals surface area contributed by atoms with Crippen molar-refractivity contribution in [3.8, 4) is 0 Å². The van der Waals surface area contributed by atoms with Crippen LogP contribution in [-0.4, -0.2) is 54.7 Å². The zero-order valence-electron chi connectivity index (χ0n) is 11.2. The Morgan fingerprint density at radius 2 is 1.82 bits per heavy atom. The molecule has 1 atom stereocenters. The van der Waals surface area contributed by atoms with Crippen LogP contribution in [0.5, 0.6) is 0 Å². The smallest absolute Gasteiger partial charge is 0.320 e. The average Bonchev–Trinajstić information content (AvgIpc) is 2.78. The number of rotatable bonds is 0. The molecule has 0 bridgehead atoms. The largest absolute Gasteiger partial charge is 0.378 e. The van der Waals surface area contributed by atoms with Gasteiger partial charge in [-0.3, -0.25) is 0 Å². The Morgan fingerprint density at radius 3 is 2.41 bits per heavy atom. The van der Waals surface area contributed by atoms with Crippen LogP contribution < -0.4 is 0 Å². The fourth-order valence-corrected chi connectivity index (χ4v) is 2.83. The Balaban J connectivity index is 2.02. The first-order valence-corrected chi connectivity index (χ1v) is 6.63. The van der Waals surface area contributed by atoms with E-state index in [1.807, 2.05) is 4.90 Å². The highest BCUT2D eigenvalue weighted by atomic mass is 16.5. The molecule has 2 fully saturated rings. The lowest BCUT2D eigenvalue weighted by molar-refractivity contribution is 0.0368. The van der Waals surface area contributed by atoms with Crippen molar-refractivity contribution >= 4 is 6.03 Å². The molecule has 2 heterocycles. The number of nitrogens with zero attached hydrogens (tertiary/aromatic N) is 2. The van der Waals surface area contributed by atoms with Crippen molar-refractivity contribution in [1.82, 2.24) is 9.80 Å². The van der Waals surface area contributed by atoms with Gasteiger partial charge in [0.2, 0.25) is 0 Å². The third-order valence-corrected chi connectivity index (χ3v) is 3.78. The summed E-state index contributed by atoms with van der Waals surface area (Å²) in [6, 6.07) is 0.601. The molecule has 2 aliphatic heterocycles. The van der Waals surface area contributed by atoms with Crippen LogP contribution in [0.2, 0.25) is 0 Å². The molecule has 0 radical (unpaired) electrons. The van der Waals surface area contributed by atoms with Crippen LogP contribution in [-0.2, 0) is 4.74 Å². The van der Waals surface area contributed by atoms with E-state index in [1.165, 1.54) is 0 Å². The van der Waals surface area contributed by atoms with Crippen LogP contribution >= 0.6 is 0 Å². The number of ether oxygens (including phenoxy) is 1. The van der Waals surface area contributed by atoms with Crippen LogP contribution in [0.25, 0.3) is 0 Å². The predicted molar refractivity (Wildman–Crippen MR) is 67.0 cm³/mol. The Morgan fingerprint density at radius 1 is 1.18 bits per heavy atom. The first kappa shape index (κ1) is 12.7. The van der Waals surface area contributed by atoms with Gasteiger partial charge in [-0.1, -0.05) is 20.8 Å². The van der Waals surface area contributed by atoms with E-state index in [-0.39, 0.29) is 11.4 Å². The first-order chi connectivity index (χ1) is 8.00. The van der Waals surface area contributed by atoms with Crippen molar-refractivity contribution in [1.29, 1.82) is 0 Å². The Labute approximate surface area is 104 Å². The van der Waals surface area contributed by atoms with Gasteiger partial charge in [-0.2, -0.15) is 0 Å². The molecule has 0 spiro atoms. The highest BCUT2D eigenvalue weighted by Gasteiger charge is 2.38. The summed E-state index contributed by atoms with van der Waals surface area (Å²) in [4.78, 5) is 16.5. The van der Waals surface area contributed by atoms with Crippen molar-refractivity contribution in [2.75, 3.05) is 32.8 Å². The summed E-state index contributed by atoms with van der Waals surface area (Å²) in [5, 5.41) is 0. The third kappa shape index (κ3) is 2.73. The number of urea groups is 1. The molecule has 0 aromatic rings. The van der Waals surface area contributed by atoms with E-state index in [1.54, 1.807) is 0 Å². The monoisotopic (exact) mass is 240 g/mol. The maximum absolute atomic E-state index is 12.5. The van der Waals surface area contributed by atoms with Crippen molar-refractivity contribution in [3.05, 3.63) is 0 Å². The molecule has 2 amide bonds. The van der Waals surface area contributed by atoms with Crippen molar-refractivity contribution in [2.45, 2.75) is 39.7 Å². The van der Waals surface area contributed by atoms with Gasteiger partial charge >= 0.3 is 6.03 Å². The number of hydrogen-bond donors (Lipinski definition) is 0. The molecule has 1 unspecified atom stereocenters. The number of morpholine rings is 1. The normalized spacial score (nSPS) is 26.4. The topological polar surface area (TPSA) is 32.8 Å². The second-order valence-corrected chi connectivity index (χ2v) is 6.10. The van der Waals surface area contributed by atoms with Gasteiger partial charge in [-0.15, -0.1) is 0 Å². The van der Waals surface area contributed by atoms with Gasteiger partial charge < -0.3 is 14.5 Å². The molecule has 2 rings (SSSR count). The van der Waals surface area contributed by atoms with Gasteiger partial charge in [0.05, 0.1) is 13.2 Å². The average molecular weight is 240 g/mol. The lowest BCUT2D eigenvalue weighted by atomic mass is 9.85. The summed E-state index contributed by atoms with van der Waals surface area (Å²) in [6.45, 7) is 10.4. The van der Waals surface area contributed by atoms with Crippen molar-refractivity contribution in [2.24, 2.45) is 5.41 Å². The number of likely N-dealkylation sites (tertiary alicyclic amines) is 1. The maximum atomic E-state index is 12.5. The Bertz CT molecular complexity index is 280. The van der Waals surface area contributed by atoms with Gasteiger partial charge in [-0.25, -0.2) is 4.79 Å². The van der Waals surface area contributed by atoms with E-state index in [4.69, 9.17) is 4.74 Å². The van der Waals surface area contributed by atoms with Crippen LogP contribution in [0.4, 0.5) is 4.79 Å². The molecule has 0 saturated carbocycles. The van der Waals surface area contributed by atoms with Gasteiger partial charge in [-0.05, 0) is 18.3 Å². The lowest BCUT2D eigenvalue weighted by Crippen LogP contribution is -2.52. The standard InChI is InChI=1S/C13H24N2O2/c1-13(2,3)11-5-4-6-15(11)12(16)14-7-9-17-10-8-14/h11H,4-10H2,1-3H3. The van der Waals surface area contributed by atoms with E-state index in [0.717, 1.165) is 32.5 Å². The SMILES string of the molecule is CC(C)(C)C1CCCN1C(=O)N1CCOCC1. The van der Waals surface area contributed by atoms with E-state index in [0.29, 0.717) is 19.3 Å². The van der Waals surface area contributed by atoms with Gasteiger partial charge in [0.25, 0.3) is 0 Å². The van der Waals surface area contributed by atoms with Crippen LogP contribution in [0, 0.1) is 5.41 Å². The zero-order valence-corrected chi connectivity index (χ0v) is 11.2. The minimum atomic E-state index is 0.179. The quantitative estimate of drug-likeness (QED) is 0.648. The van der Waals surface area contributed by atoms with E-state index < -0.39 is 0 Å². The summed E-state index contributed by atoms with van der Waals surface area (Å²) < 4.78 is 5.29. The maximum Gasteiger partial charge on any atom is 0.320 e. The summed E-state index contributed by atoms with van der Waals surface area (Å²) in [7, 11) is 0. The molecule has 98 valence electrons. The van der Waals surface area contributed by atoms with Crippen LogP contribution in [0.3, 0.4) is 0 Å². The minimum Gasteiger partial charge on any atom is -0.378 e.